The molecule has 22 heavy (non-hydrogen) atoms. The number of β-amino-alcohol motifs (C(OH)–C–C–N with tert-alkyl or cyclic N) is 1. The fraction of sp³-hybridized carbons (Fsp3) is 0.941. The van der Waals surface area contributed by atoms with E-state index in [2.05, 4.69) is 24.1 Å². The zero-order valence-corrected chi connectivity index (χ0v) is 14.1. The minimum atomic E-state index is -0.496. The van der Waals surface area contributed by atoms with E-state index in [-0.39, 0.29) is 5.91 Å². The lowest BCUT2D eigenvalue weighted by molar-refractivity contribution is -0.123. The number of ether oxygens (including phenoxy) is 1. The quantitative estimate of drug-likeness (QED) is 0.778. The maximum Gasteiger partial charge on any atom is 0.220 e. The molecule has 1 aliphatic heterocycles. The summed E-state index contributed by atoms with van der Waals surface area (Å²) in [4.78, 5) is 14.2. The van der Waals surface area contributed by atoms with Crippen LogP contribution in [0.5, 0.6) is 0 Å². The van der Waals surface area contributed by atoms with Gasteiger partial charge >= 0.3 is 0 Å². The molecule has 1 saturated heterocycles. The number of nitrogens with zero attached hydrogens (tertiary/aromatic N) is 1. The van der Waals surface area contributed by atoms with E-state index in [0.29, 0.717) is 30.8 Å². The average Bonchev–Trinajstić information content (AvgIpc) is 2.45. The van der Waals surface area contributed by atoms with Gasteiger partial charge in [-0.1, -0.05) is 20.3 Å². The molecular formula is C17H32N2O3. The van der Waals surface area contributed by atoms with Gasteiger partial charge in [0.2, 0.25) is 5.91 Å². The van der Waals surface area contributed by atoms with Crippen molar-refractivity contribution in [1.82, 2.24) is 10.2 Å². The summed E-state index contributed by atoms with van der Waals surface area (Å²) in [5, 5.41) is 12.9. The Bertz CT molecular complexity index is 354. The van der Waals surface area contributed by atoms with Gasteiger partial charge in [-0.2, -0.15) is 0 Å². The van der Waals surface area contributed by atoms with E-state index in [1.165, 1.54) is 12.8 Å². The number of nitrogens with one attached hydrogen (secondary N) is 1. The number of carbonyl (C=O) groups excluding carboxylic acids is 1. The maximum absolute atomic E-state index is 12.1. The molecule has 5 heteroatoms. The zero-order chi connectivity index (χ0) is 16.0. The van der Waals surface area contributed by atoms with Crippen LogP contribution >= 0.6 is 0 Å². The number of aliphatic hydroxyl groups is 1. The van der Waals surface area contributed by atoms with Gasteiger partial charge in [0.05, 0.1) is 19.3 Å². The molecule has 2 N–H and O–H groups in total. The Balaban J connectivity index is 1.62. The van der Waals surface area contributed by atoms with Gasteiger partial charge in [-0.3, -0.25) is 9.69 Å². The molecule has 0 spiro atoms. The topological polar surface area (TPSA) is 61.8 Å². The maximum atomic E-state index is 12.1. The van der Waals surface area contributed by atoms with Gasteiger partial charge < -0.3 is 15.2 Å². The van der Waals surface area contributed by atoms with Crippen molar-refractivity contribution in [2.24, 2.45) is 11.3 Å². The van der Waals surface area contributed by atoms with E-state index in [4.69, 9.17) is 4.74 Å². The molecule has 0 aromatic heterocycles. The fourth-order valence-corrected chi connectivity index (χ4v) is 3.74. The van der Waals surface area contributed by atoms with Crippen molar-refractivity contribution in [2.45, 2.75) is 52.1 Å². The minimum absolute atomic E-state index is 0.0868. The van der Waals surface area contributed by atoms with Crippen molar-refractivity contribution in [2.75, 3.05) is 39.4 Å². The van der Waals surface area contributed by atoms with Crippen LogP contribution in [0.1, 0.15) is 46.0 Å². The molecule has 2 fully saturated rings. The largest absolute Gasteiger partial charge is 0.390 e. The normalized spacial score (nSPS) is 27.3. The Labute approximate surface area is 134 Å². The Morgan fingerprint density at radius 2 is 2.14 bits per heavy atom. The molecule has 1 amide bonds. The first-order valence-corrected chi connectivity index (χ1v) is 8.69. The van der Waals surface area contributed by atoms with Crippen LogP contribution in [0.25, 0.3) is 0 Å². The van der Waals surface area contributed by atoms with E-state index in [9.17, 15) is 9.90 Å². The highest BCUT2D eigenvalue weighted by Gasteiger charge is 2.29. The van der Waals surface area contributed by atoms with Crippen LogP contribution in [-0.2, 0) is 9.53 Å². The summed E-state index contributed by atoms with van der Waals surface area (Å²) in [5.41, 5.74) is 0.374. The van der Waals surface area contributed by atoms with E-state index < -0.39 is 6.10 Å². The monoisotopic (exact) mass is 312 g/mol. The van der Waals surface area contributed by atoms with Crippen LogP contribution in [-0.4, -0.2) is 61.4 Å². The third-order valence-electron chi connectivity index (χ3n) is 4.89. The number of hydrogen-bond acceptors (Lipinski definition) is 4. The van der Waals surface area contributed by atoms with E-state index in [0.717, 1.165) is 39.1 Å². The lowest BCUT2D eigenvalue weighted by Gasteiger charge is -2.35. The number of hydrogen-bond donors (Lipinski definition) is 2. The number of aliphatic hydroxyl groups excluding tert-OH is 1. The van der Waals surface area contributed by atoms with Gasteiger partial charge in [-0.25, -0.2) is 0 Å². The number of morpholine rings is 1. The van der Waals surface area contributed by atoms with Crippen LogP contribution in [0.3, 0.4) is 0 Å². The lowest BCUT2D eigenvalue weighted by Crippen LogP contribution is -2.44. The van der Waals surface area contributed by atoms with Crippen LogP contribution in [0.15, 0.2) is 0 Å². The lowest BCUT2D eigenvalue weighted by atomic mass is 9.71. The molecule has 128 valence electrons. The van der Waals surface area contributed by atoms with Crippen molar-refractivity contribution in [3.8, 4) is 0 Å². The van der Waals surface area contributed by atoms with E-state index >= 15 is 0 Å². The second kappa shape index (κ2) is 8.27. The first kappa shape index (κ1) is 17.7. The molecule has 2 rings (SSSR count). The van der Waals surface area contributed by atoms with Gasteiger partial charge in [0.1, 0.15) is 0 Å². The number of amides is 1. The molecule has 2 unspecified atom stereocenters. The van der Waals surface area contributed by atoms with Gasteiger partial charge in [0.25, 0.3) is 0 Å². The van der Waals surface area contributed by atoms with Crippen molar-refractivity contribution in [1.29, 1.82) is 0 Å². The van der Waals surface area contributed by atoms with Crippen LogP contribution < -0.4 is 5.32 Å². The highest BCUT2D eigenvalue weighted by atomic mass is 16.5. The second-order valence-corrected chi connectivity index (χ2v) is 7.70. The Hall–Kier alpha value is -0.650. The Morgan fingerprint density at radius 1 is 1.41 bits per heavy atom. The average molecular weight is 312 g/mol. The standard InChI is InChI=1S/C17H32N2O3/c1-17(2)5-3-4-14(11-17)10-16(21)18-12-15(20)13-19-6-8-22-9-7-19/h14-15,20H,3-13H2,1-2H3,(H,18,21). The van der Waals surface area contributed by atoms with Crippen molar-refractivity contribution in [3.63, 3.8) is 0 Å². The minimum Gasteiger partial charge on any atom is -0.390 e. The third-order valence-corrected chi connectivity index (χ3v) is 4.89. The van der Waals surface area contributed by atoms with Crippen LogP contribution in [0.2, 0.25) is 0 Å². The Morgan fingerprint density at radius 3 is 2.82 bits per heavy atom. The molecule has 2 atom stereocenters. The summed E-state index contributed by atoms with van der Waals surface area (Å²) in [6.45, 7) is 8.75. The van der Waals surface area contributed by atoms with Gasteiger partial charge in [-0.15, -0.1) is 0 Å². The molecular weight excluding hydrogens is 280 g/mol. The molecule has 0 aromatic carbocycles. The first-order chi connectivity index (χ1) is 10.4. The summed E-state index contributed by atoms with van der Waals surface area (Å²) >= 11 is 0. The fourth-order valence-electron chi connectivity index (χ4n) is 3.74. The Kier molecular flexibility index (Phi) is 6.66. The highest BCUT2D eigenvalue weighted by molar-refractivity contribution is 5.76. The van der Waals surface area contributed by atoms with E-state index in [1.54, 1.807) is 0 Å². The van der Waals surface area contributed by atoms with Crippen LogP contribution in [0, 0.1) is 11.3 Å². The molecule has 0 aromatic rings. The molecule has 1 aliphatic carbocycles. The molecule has 2 aliphatic rings. The number of rotatable bonds is 6. The van der Waals surface area contributed by atoms with Crippen molar-refractivity contribution >= 4 is 5.91 Å². The van der Waals surface area contributed by atoms with E-state index in [1.807, 2.05) is 0 Å². The van der Waals surface area contributed by atoms with Gasteiger partial charge in [0, 0.05) is 32.6 Å². The predicted octanol–water partition coefficient (Wildman–Crippen LogP) is 1.40. The molecule has 0 bridgehead atoms. The van der Waals surface area contributed by atoms with Gasteiger partial charge in [-0.05, 0) is 30.6 Å². The number of carbonyl (C=O) groups is 1. The molecule has 1 saturated carbocycles. The summed E-state index contributed by atoms with van der Waals surface area (Å²) in [6, 6.07) is 0. The summed E-state index contributed by atoms with van der Waals surface area (Å²) in [7, 11) is 0. The zero-order valence-electron chi connectivity index (χ0n) is 14.1. The molecule has 5 nitrogen and oxygen atoms in total. The SMILES string of the molecule is CC1(C)CCCC(CC(=O)NCC(O)CN2CCOCC2)C1. The smallest absolute Gasteiger partial charge is 0.220 e. The summed E-state index contributed by atoms with van der Waals surface area (Å²) < 4.78 is 5.29. The van der Waals surface area contributed by atoms with Crippen molar-refractivity contribution < 1.29 is 14.6 Å². The van der Waals surface area contributed by atoms with Crippen molar-refractivity contribution in [3.05, 3.63) is 0 Å². The first-order valence-electron chi connectivity index (χ1n) is 8.69. The molecule has 0 radical (unpaired) electrons. The summed E-state index contributed by atoms with van der Waals surface area (Å²) in [5.74, 6) is 0.587. The second-order valence-electron chi connectivity index (χ2n) is 7.70. The summed E-state index contributed by atoms with van der Waals surface area (Å²) in [6.07, 6.45) is 4.90. The third kappa shape index (κ3) is 6.23. The molecule has 1 heterocycles. The van der Waals surface area contributed by atoms with Crippen LogP contribution in [0.4, 0.5) is 0 Å². The predicted molar refractivity (Wildman–Crippen MR) is 86.6 cm³/mol. The highest BCUT2D eigenvalue weighted by Crippen LogP contribution is 2.39. The van der Waals surface area contributed by atoms with Gasteiger partial charge in [0.15, 0.2) is 0 Å².